The van der Waals surface area contributed by atoms with Crippen LogP contribution in [0.25, 0.3) is 0 Å². The van der Waals surface area contributed by atoms with Gasteiger partial charge in [-0.3, -0.25) is 4.90 Å². The summed E-state index contributed by atoms with van der Waals surface area (Å²) < 4.78 is 0. The number of thioether (sulfide) groups is 1. The lowest BCUT2D eigenvalue weighted by Gasteiger charge is -2.24. The lowest BCUT2D eigenvalue weighted by molar-refractivity contribution is 0.269. The average Bonchev–Trinajstić information content (AvgIpc) is 2.76. The van der Waals surface area contributed by atoms with Crippen molar-refractivity contribution in [3.05, 3.63) is 29.8 Å². The summed E-state index contributed by atoms with van der Waals surface area (Å²) in [5.41, 5.74) is 1.53. The molecule has 0 aromatic heterocycles. The summed E-state index contributed by atoms with van der Waals surface area (Å²) in [6.45, 7) is 4.71. The Morgan fingerprint density at radius 3 is 2.93 bits per heavy atom. The number of likely N-dealkylation sites (tertiary alicyclic amines) is 1. The van der Waals surface area contributed by atoms with Gasteiger partial charge in [0.1, 0.15) is 0 Å². The molecule has 1 nitrogen and oxygen atoms in total. The largest absolute Gasteiger partial charge is 0.297 e. The Morgan fingerprint density at radius 1 is 1.40 bits per heavy atom. The Hall–Kier alpha value is -0.470. The molecule has 1 aromatic rings. The molecule has 0 aliphatic carbocycles. The van der Waals surface area contributed by atoms with E-state index in [9.17, 15) is 0 Å². The molecule has 0 N–H and O–H groups in total. The average molecular weight is 221 g/mol. The highest BCUT2D eigenvalue weighted by atomic mass is 32.2. The van der Waals surface area contributed by atoms with E-state index in [2.05, 4.69) is 42.3 Å². The zero-order valence-corrected chi connectivity index (χ0v) is 10.4. The van der Waals surface area contributed by atoms with Gasteiger partial charge in [0, 0.05) is 10.9 Å². The van der Waals surface area contributed by atoms with E-state index in [1.54, 1.807) is 0 Å². The molecular formula is C13H19NS. The van der Waals surface area contributed by atoms with E-state index in [0.717, 1.165) is 0 Å². The second-order valence-electron chi connectivity index (χ2n) is 4.03. The third kappa shape index (κ3) is 2.21. The van der Waals surface area contributed by atoms with Crippen molar-refractivity contribution in [1.82, 2.24) is 4.90 Å². The number of rotatable bonds is 3. The lowest BCUT2D eigenvalue weighted by Crippen LogP contribution is -2.22. The molecule has 15 heavy (non-hydrogen) atoms. The van der Waals surface area contributed by atoms with Gasteiger partial charge >= 0.3 is 0 Å². The number of hydrogen-bond donors (Lipinski definition) is 0. The Labute approximate surface area is 96.9 Å². The molecule has 0 bridgehead atoms. The van der Waals surface area contributed by atoms with Crippen LogP contribution >= 0.6 is 11.8 Å². The summed E-state index contributed by atoms with van der Waals surface area (Å²) in [5, 5.41) is 0. The van der Waals surface area contributed by atoms with Crippen LogP contribution in [0.5, 0.6) is 0 Å². The van der Waals surface area contributed by atoms with Gasteiger partial charge in [0.05, 0.1) is 0 Å². The smallest absolute Gasteiger partial charge is 0.0359 e. The van der Waals surface area contributed by atoms with Gasteiger partial charge in [-0.25, -0.2) is 0 Å². The van der Waals surface area contributed by atoms with E-state index in [4.69, 9.17) is 0 Å². The maximum absolute atomic E-state index is 2.59. The molecule has 1 aliphatic rings. The second kappa shape index (κ2) is 5.04. The third-order valence-electron chi connectivity index (χ3n) is 3.27. The van der Waals surface area contributed by atoms with Crippen LogP contribution in [0.4, 0.5) is 0 Å². The Kier molecular flexibility index (Phi) is 3.71. The van der Waals surface area contributed by atoms with Crippen LogP contribution in [0.2, 0.25) is 0 Å². The van der Waals surface area contributed by atoms with Crippen molar-refractivity contribution >= 4 is 11.8 Å². The van der Waals surface area contributed by atoms with Crippen molar-refractivity contribution in [2.24, 2.45) is 0 Å². The number of hydrogen-bond acceptors (Lipinski definition) is 2. The monoisotopic (exact) mass is 221 g/mol. The highest BCUT2D eigenvalue weighted by molar-refractivity contribution is 7.98. The van der Waals surface area contributed by atoms with Crippen molar-refractivity contribution in [3.8, 4) is 0 Å². The van der Waals surface area contributed by atoms with Gasteiger partial charge < -0.3 is 0 Å². The van der Waals surface area contributed by atoms with Gasteiger partial charge in [-0.1, -0.05) is 25.1 Å². The van der Waals surface area contributed by atoms with Crippen LogP contribution in [0.15, 0.2) is 29.2 Å². The van der Waals surface area contributed by atoms with Crippen molar-refractivity contribution in [2.45, 2.75) is 30.7 Å². The molecule has 2 rings (SSSR count). The number of nitrogens with zero attached hydrogens (tertiary/aromatic N) is 1. The molecular weight excluding hydrogens is 202 g/mol. The van der Waals surface area contributed by atoms with Crippen LogP contribution in [-0.4, -0.2) is 24.2 Å². The summed E-state index contributed by atoms with van der Waals surface area (Å²) in [5.74, 6) is 0. The fraction of sp³-hybridized carbons (Fsp3) is 0.538. The summed E-state index contributed by atoms with van der Waals surface area (Å²) >= 11 is 1.87. The van der Waals surface area contributed by atoms with Crippen LogP contribution in [0.1, 0.15) is 31.4 Å². The number of benzene rings is 1. The first-order valence-electron chi connectivity index (χ1n) is 5.73. The highest BCUT2D eigenvalue weighted by Crippen LogP contribution is 2.36. The van der Waals surface area contributed by atoms with Crippen molar-refractivity contribution in [2.75, 3.05) is 19.3 Å². The minimum Gasteiger partial charge on any atom is -0.297 e. The molecule has 2 heteroatoms. The molecule has 0 unspecified atom stereocenters. The van der Waals surface area contributed by atoms with Gasteiger partial charge in [0.25, 0.3) is 0 Å². The lowest BCUT2D eigenvalue weighted by atomic mass is 10.0. The standard InChI is InChI=1S/C13H19NS/c1-3-14-10-6-8-12(14)11-7-4-5-9-13(11)15-2/h4-5,7,9,12H,3,6,8,10H2,1-2H3/t12-/m1/s1. The van der Waals surface area contributed by atoms with Crippen molar-refractivity contribution < 1.29 is 0 Å². The topological polar surface area (TPSA) is 3.24 Å². The molecule has 1 heterocycles. The first kappa shape index (κ1) is 11.0. The van der Waals surface area contributed by atoms with E-state index in [1.165, 1.54) is 36.4 Å². The molecule has 1 saturated heterocycles. The fourth-order valence-electron chi connectivity index (χ4n) is 2.50. The molecule has 1 aromatic carbocycles. The second-order valence-corrected chi connectivity index (χ2v) is 4.88. The quantitative estimate of drug-likeness (QED) is 0.718. The van der Waals surface area contributed by atoms with Gasteiger partial charge in [-0.15, -0.1) is 11.8 Å². The van der Waals surface area contributed by atoms with Gasteiger partial charge in [0.2, 0.25) is 0 Å². The zero-order valence-electron chi connectivity index (χ0n) is 9.57. The molecule has 0 spiro atoms. The maximum Gasteiger partial charge on any atom is 0.0359 e. The van der Waals surface area contributed by atoms with Crippen molar-refractivity contribution in [3.63, 3.8) is 0 Å². The Bertz CT molecular complexity index is 324. The molecule has 1 aliphatic heterocycles. The SMILES string of the molecule is CCN1CCC[C@@H]1c1ccccc1SC. The van der Waals surface area contributed by atoms with E-state index < -0.39 is 0 Å². The minimum atomic E-state index is 0.665. The van der Waals surface area contributed by atoms with Crippen LogP contribution < -0.4 is 0 Å². The van der Waals surface area contributed by atoms with E-state index >= 15 is 0 Å². The van der Waals surface area contributed by atoms with Gasteiger partial charge in [-0.2, -0.15) is 0 Å². The van der Waals surface area contributed by atoms with E-state index in [1.807, 2.05) is 11.8 Å². The first-order valence-corrected chi connectivity index (χ1v) is 6.96. The first-order chi connectivity index (χ1) is 7.36. The summed E-state index contributed by atoms with van der Waals surface area (Å²) in [7, 11) is 0. The van der Waals surface area contributed by atoms with Crippen LogP contribution in [0.3, 0.4) is 0 Å². The van der Waals surface area contributed by atoms with E-state index in [-0.39, 0.29) is 0 Å². The summed E-state index contributed by atoms with van der Waals surface area (Å²) in [6.07, 6.45) is 4.84. The predicted octanol–water partition coefficient (Wildman–Crippen LogP) is 3.57. The van der Waals surface area contributed by atoms with Crippen molar-refractivity contribution in [1.29, 1.82) is 0 Å². The minimum absolute atomic E-state index is 0.665. The van der Waals surface area contributed by atoms with Crippen LogP contribution in [-0.2, 0) is 0 Å². The van der Waals surface area contributed by atoms with Crippen LogP contribution in [0, 0.1) is 0 Å². The third-order valence-corrected chi connectivity index (χ3v) is 4.08. The molecule has 1 fully saturated rings. The predicted molar refractivity (Wildman–Crippen MR) is 67.4 cm³/mol. The Balaban J connectivity index is 2.27. The molecule has 1 atom stereocenters. The van der Waals surface area contributed by atoms with Gasteiger partial charge in [0.15, 0.2) is 0 Å². The maximum atomic E-state index is 2.59. The van der Waals surface area contributed by atoms with E-state index in [0.29, 0.717) is 6.04 Å². The summed E-state index contributed by atoms with van der Waals surface area (Å²) in [4.78, 5) is 4.04. The fourth-order valence-corrected chi connectivity index (χ4v) is 3.15. The molecule has 82 valence electrons. The molecule has 0 amide bonds. The zero-order chi connectivity index (χ0) is 10.7. The highest BCUT2D eigenvalue weighted by Gasteiger charge is 2.25. The summed E-state index contributed by atoms with van der Waals surface area (Å²) in [6, 6.07) is 9.51. The normalized spacial score (nSPS) is 22.1. The molecule has 0 saturated carbocycles. The Morgan fingerprint density at radius 2 is 2.20 bits per heavy atom. The van der Waals surface area contributed by atoms with Gasteiger partial charge in [-0.05, 0) is 43.8 Å². The molecule has 0 radical (unpaired) electrons.